The molecule has 1 aliphatic heterocycles. The SMILES string of the molecule is CC(C)c1cc(C(=O)N2CCC[C@H]2c2nc(N(C)C)ncc2-c2ccncc2)on1. The number of carbonyl (C=O) groups is 1. The first-order chi connectivity index (χ1) is 14.5. The molecule has 0 radical (unpaired) electrons. The molecule has 1 aliphatic rings. The highest BCUT2D eigenvalue weighted by Crippen LogP contribution is 2.38. The van der Waals surface area contributed by atoms with Gasteiger partial charge >= 0.3 is 0 Å². The molecule has 0 bridgehead atoms. The van der Waals surface area contributed by atoms with Crippen molar-refractivity contribution in [3.8, 4) is 11.1 Å². The van der Waals surface area contributed by atoms with E-state index in [-0.39, 0.29) is 23.6 Å². The maximum absolute atomic E-state index is 13.3. The zero-order chi connectivity index (χ0) is 21.3. The Hall–Kier alpha value is -3.29. The normalized spacial score (nSPS) is 16.3. The molecule has 0 spiro atoms. The number of amides is 1. The number of pyridine rings is 1. The second kappa shape index (κ2) is 8.22. The van der Waals surface area contributed by atoms with Gasteiger partial charge in [-0.2, -0.15) is 0 Å². The minimum absolute atomic E-state index is 0.150. The van der Waals surface area contributed by atoms with E-state index >= 15 is 0 Å². The van der Waals surface area contributed by atoms with Crippen molar-refractivity contribution in [2.75, 3.05) is 25.5 Å². The van der Waals surface area contributed by atoms with Crippen LogP contribution in [-0.2, 0) is 0 Å². The molecule has 1 fully saturated rings. The van der Waals surface area contributed by atoms with Crippen LogP contribution in [0.1, 0.15) is 60.6 Å². The summed E-state index contributed by atoms with van der Waals surface area (Å²) in [5, 5.41) is 4.05. The second-order valence-electron chi connectivity index (χ2n) is 8.03. The van der Waals surface area contributed by atoms with Crippen LogP contribution in [0.3, 0.4) is 0 Å². The summed E-state index contributed by atoms with van der Waals surface area (Å²) in [6, 6.07) is 5.46. The van der Waals surface area contributed by atoms with Crippen molar-refractivity contribution in [3.05, 3.63) is 53.9 Å². The maximum Gasteiger partial charge on any atom is 0.293 e. The van der Waals surface area contributed by atoms with Gasteiger partial charge in [-0.25, -0.2) is 9.97 Å². The van der Waals surface area contributed by atoms with Gasteiger partial charge in [0.15, 0.2) is 0 Å². The van der Waals surface area contributed by atoms with Crippen LogP contribution in [0.2, 0.25) is 0 Å². The van der Waals surface area contributed by atoms with Gasteiger partial charge in [0.2, 0.25) is 11.7 Å². The molecule has 0 aliphatic carbocycles. The molecule has 4 rings (SSSR count). The zero-order valence-electron chi connectivity index (χ0n) is 17.7. The highest BCUT2D eigenvalue weighted by molar-refractivity contribution is 5.92. The molecule has 3 aromatic heterocycles. The van der Waals surface area contributed by atoms with Gasteiger partial charge in [-0.05, 0) is 36.5 Å². The summed E-state index contributed by atoms with van der Waals surface area (Å²) in [6.45, 7) is 4.70. The first-order valence-electron chi connectivity index (χ1n) is 10.2. The van der Waals surface area contributed by atoms with Gasteiger partial charge in [-0.3, -0.25) is 9.78 Å². The highest BCUT2D eigenvalue weighted by atomic mass is 16.5. The summed E-state index contributed by atoms with van der Waals surface area (Å²) < 4.78 is 5.37. The van der Waals surface area contributed by atoms with E-state index < -0.39 is 0 Å². The van der Waals surface area contributed by atoms with Crippen molar-refractivity contribution in [3.63, 3.8) is 0 Å². The first-order valence-corrected chi connectivity index (χ1v) is 10.2. The smallest absolute Gasteiger partial charge is 0.293 e. The Balaban J connectivity index is 1.74. The number of aromatic nitrogens is 4. The lowest BCUT2D eigenvalue weighted by Crippen LogP contribution is -2.31. The summed E-state index contributed by atoms with van der Waals surface area (Å²) in [5.74, 6) is 0.942. The largest absolute Gasteiger partial charge is 0.351 e. The van der Waals surface area contributed by atoms with Crippen LogP contribution in [-0.4, -0.2) is 51.6 Å². The Morgan fingerprint density at radius 1 is 1.27 bits per heavy atom. The summed E-state index contributed by atoms with van der Waals surface area (Å²) >= 11 is 0. The third-order valence-corrected chi connectivity index (χ3v) is 5.36. The molecule has 0 aromatic carbocycles. The third-order valence-electron chi connectivity index (χ3n) is 5.36. The molecule has 3 aromatic rings. The molecule has 30 heavy (non-hydrogen) atoms. The fourth-order valence-corrected chi connectivity index (χ4v) is 3.71. The minimum Gasteiger partial charge on any atom is -0.351 e. The fraction of sp³-hybridized carbons (Fsp3) is 0.409. The Labute approximate surface area is 175 Å². The van der Waals surface area contributed by atoms with Gasteiger partial charge in [-0.15, -0.1) is 0 Å². The number of hydrogen-bond donors (Lipinski definition) is 0. The number of nitrogens with zero attached hydrogens (tertiary/aromatic N) is 6. The van der Waals surface area contributed by atoms with Gasteiger partial charge in [0.25, 0.3) is 5.91 Å². The number of rotatable bonds is 5. The number of likely N-dealkylation sites (tertiary alicyclic amines) is 1. The molecular formula is C22H26N6O2. The molecule has 0 N–H and O–H groups in total. The van der Waals surface area contributed by atoms with E-state index in [0.717, 1.165) is 35.4 Å². The molecule has 0 unspecified atom stereocenters. The summed E-state index contributed by atoms with van der Waals surface area (Å²) in [6.07, 6.45) is 7.06. The Bertz CT molecular complexity index is 1030. The van der Waals surface area contributed by atoms with Crippen LogP contribution >= 0.6 is 0 Å². The molecular weight excluding hydrogens is 380 g/mol. The van der Waals surface area contributed by atoms with Crippen molar-refractivity contribution in [1.82, 2.24) is 25.0 Å². The molecule has 1 atom stereocenters. The predicted molar refractivity (Wildman–Crippen MR) is 113 cm³/mol. The fourth-order valence-electron chi connectivity index (χ4n) is 3.71. The van der Waals surface area contributed by atoms with Crippen LogP contribution in [0, 0.1) is 0 Å². The average molecular weight is 406 g/mol. The summed E-state index contributed by atoms with van der Waals surface area (Å²) in [7, 11) is 3.81. The topological polar surface area (TPSA) is 88.3 Å². The van der Waals surface area contributed by atoms with Crippen LogP contribution in [0.15, 0.2) is 41.3 Å². The Morgan fingerprint density at radius 2 is 2.03 bits per heavy atom. The lowest BCUT2D eigenvalue weighted by molar-refractivity contribution is 0.0691. The molecule has 156 valence electrons. The standard InChI is InChI=1S/C22H26N6O2/c1-14(2)17-12-19(30-26-17)21(29)28-11-5-6-18(28)20-16(15-7-9-23-10-8-15)13-24-22(25-20)27(3)4/h7-10,12-14,18H,5-6,11H2,1-4H3/t18-/m0/s1. The number of hydrogen-bond acceptors (Lipinski definition) is 7. The van der Waals surface area contributed by atoms with E-state index in [1.807, 2.05) is 56.1 Å². The third kappa shape index (κ3) is 3.77. The van der Waals surface area contributed by atoms with Gasteiger partial charge in [0.1, 0.15) is 0 Å². The van der Waals surface area contributed by atoms with E-state index in [1.54, 1.807) is 18.5 Å². The molecule has 4 heterocycles. The second-order valence-corrected chi connectivity index (χ2v) is 8.03. The van der Waals surface area contributed by atoms with Crippen LogP contribution in [0.5, 0.6) is 0 Å². The molecule has 8 heteroatoms. The molecule has 1 amide bonds. The van der Waals surface area contributed by atoms with E-state index in [2.05, 4.69) is 15.1 Å². The quantitative estimate of drug-likeness (QED) is 0.638. The Kier molecular flexibility index (Phi) is 5.48. The van der Waals surface area contributed by atoms with Gasteiger partial charge in [-0.1, -0.05) is 19.0 Å². The maximum atomic E-state index is 13.3. The van der Waals surface area contributed by atoms with Gasteiger partial charge in [0, 0.05) is 50.9 Å². The lowest BCUT2D eigenvalue weighted by Gasteiger charge is -2.26. The number of anilines is 1. The summed E-state index contributed by atoms with van der Waals surface area (Å²) in [4.78, 5) is 30.4. The van der Waals surface area contributed by atoms with Crippen molar-refractivity contribution >= 4 is 11.9 Å². The minimum atomic E-state index is -0.157. The molecule has 0 saturated carbocycles. The molecule has 8 nitrogen and oxygen atoms in total. The molecule has 1 saturated heterocycles. The van der Waals surface area contributed by atoms with Crippen molar-refractivity contribution in [2.24, 2.45) is 0 Å². The van der Waals surface area contributed by atoms with Crippen LogP contribution in [0.4, 0.5) is 5.95 Å². The van der Waals surface area contributed by atoms with E-state index in [9.17, 15) is 4.79 Å². The monoisotopic (exact) mass is 406 g/mol. The highest BCUT2D eigenvalue weighted by Gasteiger charge is 2.35. The van der Waals surface area contributed by atoms with Gasteiger partial charge in [0.05, 0.1) is 17.4 Å². The summed E-state index contributed by atoms with van der Waals surface area (Å²) in [5.41, 5.74) is 3.51. The first kappa shape index (κ1) is 20.0. The Morgan fingerprint density at radius 3 is 2.70 bits per heavy atom. The number of carbonyl (C=O) groups excluding carboxylic acids is 1. The predicted octanol–water partition coefficient (Wildman–Crippen LogP) is 3.69. The van der Waals surface area contributed by atoms with Crippen molar-refractivity contribution in [1.29, 1.82) is 0 Å². The van der Waals surface area contributed by atoms with Crippen LogP contribution in [0.25, 0.3) is 11.1 Å². The average Bonchev–Trinajstić information content (AvgIpc) is 3.43. The van der Waals surface area contributed by atoms with E-state index in [4.69, 9.17) is 9.51 Å². The van der Waals surface area contributed by atoms with Gasteiger partial charge < -0.3 is 14.3 Å². The van der Waals surface area contributed by atoms with E-state index in [1.165, 1.54) is 0 Å². The lowest BCUT2D eigenvalue weighted by atomic mass is 10.0. The van der Waals surface area contributed by atoms with Crippen molar-refractivity contribution < 1.29 is 9.32 Å². The van der Waals surface area contributed by atoms with Crippen molar-refractivity contribution in [2.45, 2.75) is 38.6 Å². The van der Waals surface area contributed by atoms with Crippen LogP contribution < -0.4 is 4.90 Å². The zero-order valence-corrected chi connectivity index (χ0v) is 17.7. The van der Waals surface area contributed by atoms with E-state index in [0.29, 0.717) is 12.5 Å².